The van der Waals surface area contributed by atoms with Crippen molar-refractivity contribution in [2.45, 2.75) is 45.1 Å². The zero-order chi connectivity index (χ0) is 13.0. The van der Waals surface area contributed by atoms with Crippen LogP contribution in [0.5, 0.6) is 0 Å². The van der Waals surface area contributed by atoms with Crippen molar-refractivity contribution in [2.75, 3.05) is 39.0 Å². The van der Waals surface area contributed by atoms with Gasteiger partial charge in [-0.25, -0.2) is 0 Å². The summed E-state index contributed by atoms with van der Waals surface area (Å²) in [5.74, 6) is 2.79. The van der Waals surface area contributed by atoms with Gasteiger partial charge in [0.05, 0.1) is 0 Å². The smallest absolute Gasteiger partial charge is 0.0145 e. The fraction of sp³-hybridized carbons (Fsp3) is 1.00. The van der Waals surface area contributed by atoms with Gasteiger partial charge in [0.1, 0.15) is 0 Å². The number of nitrogens with zero attached hydrogens (tertiary/aromatic N) is 2. The zero-order valence-corrected chi connectivity index (χ0v) is 13.0. The summed E-state index contributed by atoms with van der Waals surface area (Å²) in [5, 5.41) is 0. The van der Waals surface area contributed by atoms with Gasteiger partial charge < -0.3 is 9.80 Å². The Morgan fingerprint density at radius 1 is 1.28 bits per heavy atom. The Hall–Kier alpha value is 0.270. The molecular formula is C15H30N2S. The molecule has 3 atom stereocenters. The summed E-state index contributed by atoms with van der Waals surface area (Å²) in [6.07, 6.45) is 6.87. The van der Waals surface area contributed by atoms with E-state index in [1.165, 1.54) is 58.3 Å². The quantitative estimate of drug-likeness (QED) is 0.768. The first-order valence-electron chi connectivity index (χ1n) is 7.78. The maximum atomic E-state index is 4.52. The van der Waals surface area contributed by atoms with E-state index >= 15 is 0 Å². The Morgan fingerprint density at radius 3 is 2.83 bits per heavy atom. The van der Waals surface area contributed by atoms with Crippen LogP contribution >= 0.6 is 12.6 Å². The van der Waals surface area contributed by atoms with E-state index in [2.05, 4.69) is 36.4 Å². The second-order valence-corrected chi connectivity index (χ2v) is 6.70. The summed E-state index contributed by atoms with van der Waals surface area (Å²) in [6.45, 7) is 7.53. The molecule has 0 aromatic rings. The Bertz CT molecular complexity index is 247. The number of hydrogen-bond donors (Lipinski definition) is 1. The first-order valence-corrected chi connectivity index (χ1v) is 8.41. The van der Waals surface area contributed by atoms with Gasteiger partial charge >= 0.3 is 0 Å². The minimum Gasteiger partial charge on any atom is -0.303 e. The highest BCUT2D eigenvalue weighted by Gasteiger charge is 2.34. The average molecular weight is 270 g/mol. The topological polar surface area (TPSA) is 6.48 Å². The molecule has 2 fully saturated rings. The largest absolute Gasteiger partial charge is 0.303 e. The molecule has 3 unspecified atom stereocenters. The summed E-state index contributed by atoms with van der Waals surface area (Å²) in [4.78, 5) is 5.32. The maximum absolute atomic E-state index is 4.52. The fourth-order valence-electron chi connectivity index (χ4n) is 3.91. The van der Waals surface area contributed by atoms with Gasteiger partial charge in [-0.05, 0) is 63.4 Å². The van der Waals surface area contributed by atoms with Crippen LogP contribution in [-0.2, 0) is 0 Å². The fourth-order valence-corrected chi connectivity index (χ4v) is 4.21. The molecule has 3 heteroatoms. The number of piperidine rings is 2. The van der Waals surface area contributed by atoms with Crippen LogP contribution in [-0.4, -0.2) is 54.8 Å². The van der Waals surface area contributed by atoms with Gasteiger partial charge in [0, 0.05) is 19.1 Å². The minimum absolute atomic E-state index is 0.802. The van der Waals surface area contributed by atoms with Crippen LogP contribution in [0.15, 0.2) is 0 Å². The van der Waals surface area contributed by atoms with E-state index in [9.17, 15) is 0 Å². The SMILES string of the molecule is CCCC(CS)CN1CCC2C(CCCN2C)C1. The van der Waals surface area contributed by atoms with Gasteiger partial charge in [0.25, 0.3) is 0 Å². The third-order valence-electron chi connectivity index (χ3n) is 4.90. The van der Waals surface area contributed by atoms with E-state index in [0.717, 1.165) is 23.6 Å². The van der Waals surface area contributed by atoms with Gasteiger partial charge in [-0.2, -0.15) is 12.6 Å². The molecule has 0 radical (unpaired) electrons. The molecule has 2 aliphatic heterocycles. The van der Waals surface area contributed by atoms with E-state index in [0.29, 0.717) is 0 Å². The molecule has 0 saturated carbocycles. The molecule has 0 aliphatic carbocycles. The molecule has 2 saturated heterocycles. The van der Waals surface area contributed by atoms with Crippen molar-refractivity contribution in [3.8, 4) is 0 Å². The zero-order valence-electron chi connectivity index (χ0n) is 12.1. The number of rotatable bonds is 5. The highest BCUT2D eigenvalue weighted by atomic mass is 32.1. The van der Waals surface area contributed by atoms with Crippen molar-refractivity contribution in [1.29, 1.82) is 0 Å². The average Bonchev–Trinajstić information content (AvgIpc) is 2.38. The van der Waals surface area contributed by atoms with E-state index in [-0.39, 0.29) is 0 Å². The molecule has 0 aromatic carbocycles. The van der Waals surface area contributed by atoms with Crippen molar-refractivity contribution >= 4 is 12.6 Å². The van der Waals surface area contributed by atoms with Crippen molar-refractivity contribution < 1.29 is 0 Å². The van der Waals surface area contributed by atoms with E-state index in [1.54, 1.807) is 0 Å². The molecule has 0 amide bonds. The summed E-state index contributed by atoms with van der Waals surface area (Å²) >= 11 is 4.52. The predicted octanol–water partition coefficient (Wildman–Crippen LogP) is 2.75. The number of hydrogen-bond acceptors (Lipinski definition) is 3. The molecule has 106 valence electrons. The van der Waals surface area contributed by atoms with Crippen LogP contribution in [0.2, 0.25) is 0 Å². The van der Waals surface area contributed by atoms with Gasteiger partial charge in [-0.3, -0.25) is 0 Å². The van der Waals surface area contributed by atoms with E-state index < -0.39 is 0 Å². The number of fused-ring (bicyclic) bond motifs is 1. The predicted molar refractivity (Wildman–Crippen MR) is 82.5 cm³/mol. The second kappa shape index (κ2) is 7.16. The normalized spacial score (nSPS) is 32.2. The molecule has 2 rings (SSSR count). The lowest BCUT2D eigenvalue weighted by Gasteiger charge is -2.46. The number of thiol groups is 1. The molecule has 2 aliphatic rings. The molecule has 18 heavy (non-hydrogen) atoms. The Labute approximate surface area is 119 Å². The molecule has 2 heterocycles. The van der Waals surface area contributed by atoms with Crippen LogP contribution < -0.4 is 0 Å². The third kappa shape index (κ3) is 3.64. The molecule has 0 aromatic heterocycles. The van der Waals surface area contributed by atoms with Crippen molar-refractivity contribution in [2.24, 2.45) is 11.8 Å². The van der Waals surface area contributed by atoms with E-state index in [1.807, 2.05) is 0 Å². The van der Waals surface area contributed by atoms with Crippen molar-refractivity contribution in [3.05, 3.63) is 0 Å². The van der Waals surface area contributed by atoms with E-state index in [4.69, 9.17) is 0 Å². The monoisotopic (exact) mass is 270 g/mol. The Kier molecular flexibility index (Phi) is 5.84. The molecular weight excluding hydrogens is 240 g/mol. The van der Waals surface area contributed by atoms with Crippen LogP contribution in [0.25, 0.3) is 0 Å². The first kappa shape index (κ1) is 14.7. The molecule has 0 bridgehead atoms. The summed E-state index contributed by atoms with van der Waals surface area (Å²) in [6, 6.07) is 0.871. The van der Waals surface area contributed by atoms with Gasteiger partial charge in [0.15, 0.2) is 0 Å². The van der Waals surface area contributed by atoms with Crippen LogP contribution in [0.1, 0.15) is 39.0 Å². The Morgan fingerprint density at radius 2 is 2.11 bits per heavy atom. The summed E-state index contributed by atoms with van der Waals surface area (Å²) in [5.41, 5.74) is 0. The maximum Gasteiger partial charge on any atom is 0.0145 e. The second-order valence-electron chi connectivity index (χ2n) is 6.34. The number of likely N-dealkylation sites (tertiary alicyclic amines) is 2. The Balaban J connectivity index is 1.82. The van der Waals surface area contributed by atoms with Crippen LogP contribution in [0.3, 0.4) is 0 Å². The highest BCUT2D eigenvalue weighted by molar-refractivity contribution is 7.80. The van der Waals surface area contributed by atoms with Crippen molar-refractivity contribution in [3.63, 3.8) is 0 Å². The van der Waals surface area contributed by atoms with Gasteiger partial charge in [-0.15, -0.1) is 0 Å². The van der Waals surface area contributed by atoms with Gasteiger partial charge in [0.2, 0.25) is 0 Å². The van der Waals surface area contributed by atoms with Crippen LogP contribution in [0.4, 0.5) is 0 Å². The molecule has 0 spiro atoms. The molecule has 0 N–H and O–H groups in total. The summed E-state index contributed by atoms with van der Waals surface area (Å²) in [7, 11) is 2.32. The lowest BCUT2D eigenvalue weighted by Crippen LogP contribution is -2.53. The third-order valence-corrected chi connectivity index (χ3v) is 5.42. The van der Waals surface area contributed by atoms with Crippen LogP contribution in [0, 0.1) is 11.8 Å². The van der Waals surface area contributed by atoms with Gasteiger partial charge in [-0.1, -0.05) is 13.3 Å². The molecule has 2 nitrogen and oxygen atoms in total. The standard InChI is InChI=1S/C15H30N2S/c1-3-5-13(12-18)10-17-9-7-15-14(11-17)6-4-8-16(15)2/h13-15,18H,3-12H2,1-2H3. The highest BCUT2D eigenvalue weighted by Crippen LogP contribution is 2.30. The summed E-state index contributed by atoms with van der Waals surface area (Å²) < 4.78 is 0. The first-order chi connectivity index (χ1) is 8.74. The minimum atomic E-state index is 0.802. The lowest BCUT2D eigenvalue weighted by molar-refractivity contribution is 0.0332. The lowest BCUT2D eigenvalue weighted by atomic mass is 9.84. The van der Waals surface area contributed by atoms with Crippen molar-refractivity contribution in [1.82, 2.24) is 9.80 Å².